The average Bonchev–Trinajstić information content (AvgIpc) is 3.22. The SMILES string of the molecule is C[C@H](c1ccc(Cl)cc1Cl)n1nc(C(F)(F)F)c2ncc(N3CC([C@@H]4CCCN(CCNS(C)(=O)=O)C4)C3)nc21. The Hall–Kier alpha value is -2.19. The molecule has 0 bridgehead atoms. The molecule has 0 amide bonds. The van der Waals surface area contributed by atoms with E-state index < -0.39 is 27.9 Å². The highest BCUT2D eigenvalue weighted by Crippen LogP contribution is 2.38. The van der Waals surface area contributed by atoms with Gasteiger partial charge in [0.25, 0.3) is 0 Å². The number of halogens is 5. The molecule has 3 aromatic rings. The highest BCUT2D eigenvalue weighted by atomic mass is 35.5. The van der Waals surface area contributed by atoms with E-state index in [0.717, 1.165) is 45.3 Å². The van der Waals surface area contributed by atoms with E-state index in [9.17, 15) is 21.6 Å². The number of nitrogens with one attached hydrogen (secondary N) is 1. The van der Waals surface area contributed by atoms with Crippen LogP contribution in [0, 0.1) is 11.8 Å². The summed E-state index contributed by atoms with van der Waals surface area (Å²) >= 11 is 12.4. The van der Waals surface area contributed by atoms with Gasteiger partial charge in [-0.05, 0) is 55.8 Å². The van der Waals surface area contributed by atoms with Gasteiger partial charge in [0, 0.05) is 42.8 Å². The minimum atomic E-state index is -4.70. The largest absolute Gasteiger partial charge is 0.437 e. The summed E-state index contributed by atoms with van der Waals surface area (Å²) in [7, 11) is -3.21. The molecule has 2 aliphatic rings. The molecule has 0 unspecified atom stereocenters. The number of sulfonamides is 1. The molecule has 1 N–H and O–H groups in total. The van der Waals surface area contributed by atoms with Gasteiger partial charge in [-0.1, -0.05) is 29.3 Å². The topological polar surface area (TPSA) is 96.3 Å². The second kappa shape index (κ2) is 11.2. The van der Waals surface area contributed by atoms with Gasteiger partial charge < -0.3 is 9.80 Å². The van der Waals surface area contributed by atoms with E-state index in [1.165, 1.54) is 16.9 Å². The van der Waals surface area contributed by atoms with Crippen LogP contribution in [0.1, 0.15) is 37.1 Å². The van der Waals surface area contributed by atoms with E-state index in [1.807, 2.05) is 4.90 Å². The van der Waals surface area contributed by atoms with Crippen LogP contribution in [-0.2, 0) is 16.2 Å². The fraction of sp³-hybridized carbons (Fsp3) is 0.560. The van der Waals surface area contributed by atoms with Crippen LogP contribution in [0.3, 0.4) is 0 Å². The number of nitrogens with zero attached hydrogens (tertiary/aromatic N) is 6. The number of hydrogen-bond acceptors (Lipinski definition) is 7. The van der Waals surface area contributed by atoms with Gasteiger partial charge in [-0.3, -0.25) is 0 Å². The lowest BCUT2D eigenvalue weighted by molar-refractivity contribution is -0.140. The Morgan fingerprint density at radius 2 is 1.93 bits per heavy atom. The lowest BCUT2D eigenvalue weighted by atomic mass is 9.80. The maximum atomic E-state index is 13.9. The highest BCUT2D eigenvalue weighted by molar-refractivity contribution is 7.88. The first-order chi connectivity index (χ1) is 18.8. The molecule has 2 atom stereocenters. The Balaban J connectivity index is 1.33. The molecule has 2 fully saturated rings. The number of rotatable bonds is 8. The van der Waals surface area contributed by atoms with Crippen molar-refractivity contribution in [1.29, 1.82) is 0 Å². The molecule has 1 aromatic carbocycles. The highest BCUT2D eigenvalue weighted by Gasteiger charge is 2.40. The van der Waals surface area contributed by atoms with Gasteiger partial charge in [0.05, 0.1) is 18.5 Å². The van der Waals surface area contributed by atoms with Gasteiger partial charge in [0.1, 0.15) is 11.3 Å². The lowest BCUT2D eigenvalue weighted by Gasteiger charge is -2.47. The first-order valence-electron chi connectivity index (χ1n) is 13.0. The van der Waals surface area contributed by atoms with Gasteiger partial charge in [-0.25, -0.2) is 27.8 Å². The molecular formula is C25H30Cl2F3N7O2S. The molecule has 0 radical (unpaired) electrons. The van der Waals surface area contributed by atoms with Gasteiger partial charge in [-0.2, -0.15) is 18.3 Å². The maximum Gasteiger partial charge on any atom is 0.437 e. The summed E-state index contributed by atoms with van der Waals surface area (Å²) in [6.45, 7) is 6.00. The molecule has 0 spiro atoms. The number of hydrogen-bond donors (Lipinski definition) is 1. The van der Waals surface area contributed by atoms with Crippen molar-refractivity contribution < 1.29 is 21.6 Å². The van der Waals surface area contributed by atoms with E-state index in [0.29, 0.717) is 46.4 Å². The van der Waals surface area contributed by atoms with Crippen LogP contribution in [-0.4, -0.2) is 78.6 Å². The van der Waals surface area contributed by atoms with E-state index in [1.54, 1.807) is 19.1 Å². The number of aromatic nitrogens is 4. The Morgan fingerprint density at radius 1 is 1.18 bits per heavy atom. The smallest absolute Gasteiger partial charge is 0.355 e. The van der Waals surface area contributed by atoms with Crippen LogP contribution in [0.4, 0.5) is 19.0 Å². The standard InChI is InChI=1S/C25H30Cl2F3N7O2S/c1-15(19-6-5-18(26)10-20(19)27)37-24-22(23(34-37)25(28,29)30)31-11-21(33-24)36-13-17(14-36)16-4-3-8-35(12-16)9-7-32-40(2,38)39/h5-6,10-11,15-17,32H,3-4,7-9,12-14H2,1-2H3/t15-,16-/m1/s1. The van der Waals surface area contributed by atoms with E-state index >= 15 is 0 Å². The summed E-state index contributed by atoms with van der Waals surface area (Å²) in [6, 6.07) is 4.18. The third kappa shape index (κ3) is 6.33. The third-order valence-electron chi connectivity index (χ3n) is 7.67. The van der Waals surface area contributed by atoms with Gasteiger partial charge in [0.15, 0.2) is 11.3 Å². The van der Waals surface area contributed by atoms with Gasteiger partial charge in [0.2, 0.25) is 10.0 Å². The summed E-state index contributed by atoms with van der Waals surface area (Å²) in [6.07, 6.45) is -0.0469. The molecule has 0 saturated carbocycles. The van der Waals surface area contributed by atoms with Crippen molar-refractivity contribution in [3.05, 3.63) is 45.7 Å². The molecule has 5 rings (SSSR count). The summed E-state index contributed by atoms with van der Waals surface area (Å²) in [5, 5.41) is 4.63. The number of likely N-dealkylation sites (tertiary alicyclic amines) is 1. The monoisotopic (exact) mass is 619 g/mol. The van der Waals surface area contributed by atoms with Crippen molar-refractivity contribution in [2.75, 3.05) is 50.4 Å². The molecule has 2 aliphatic heterocycles. The number of alkyl halides is 3. The summed E-state index contributed by atoms with van der Waals surface area (Å²) in [5.41, 5.74) is -0.800. The molecule has 2 saturated heterocycles. The van der Waals surface area contributed by atoms with Crippen LogP contribution < -0.4 is 9.62 Å². The molecule has 4 heterocycles. The normalized spacial score (nSPS) is 20.2. The Labute approximate surface area is 240 Å². The lowest BCUT2D eigenvalue weighted by Crippen LogP contribution is -2.54. The molecule has 2 aromatic heterocycles. The van der Waals surface area contributed by atoms with Crippen molar-refractivity contribution in [3.8, 4) is 0 Å². The third-order valence-corrected chi connectivity index (χ3v) is 8.96. The second-order valence-corrected chi connectivity index (χ2v) is 13.2. The Bertz CT molecular complexity index is 1500. The van der Waals surface area contributed by atoms with Gasteiger partial charge >= 0.3 is 6.18 Å². The Kier molecular flexibility index (Phi) is 8.23. The molecule has 9 nitrogen and oxygen atoms in total. The van der Waals surface area contributed by atoms with Crippen molar-refractivity contribution in [2.24, 2.45) is 11.8 Å². The number of anilines is 1. The molecule has 0 aliphatic carbocycles. The van der Waals surface area contributed by atoms with Crippen LogP contribution in [0.2, 0.25) is 10.0 Å². The minimum absolute atomic E-state index is 0.0361. The van der Waals surface area contributed by atoms with Crippen molar-refractivity contribution in [1.82, 2.24) is 29.4 Å². The zero-order valence-electron chi connectivity index (χ0n) is 22.0. The summed E-state index contributed by atoms with van der Waals surface area (Å²) < 4.78 is 68.0. The number of benzene rings is 1. The van der Waals surface area contributed by atoms with E-state index in [4.69, 9.17) is 23.2 Å². The Morgan fingerprint density at radius 3 is 2.60 bits per heavy atom. The zero-order valence-corrected chi connectivity index (χ0v) is 24.3. The minimum Gasteiger partial charge on any atom is -0.355 e. The van der Waals surface area contributed by atoms with Crippen molar-refractivity contribution in [3.63, 3.8) is 0 Å². The quantitative estimate of drug-likeness (QED) is 0.398. The number of piperidine rings is 1. The fourth-order valence-electron chi connectivity index (χ4n) is 5.55. The zero-order chi connectivity index (χ0) is 28.8. The van der Waals surface area contributed by atoms with Crippen LogP contribution in [0.5, 0.6) is 0 Å². The first-order valence-corrected chi connectivity index (χ1v) is 15.6. The van der Waals surface area contributed by atoms with Crippen LogP contribution in [0.15, 0.2) is 24.4 Å². The van der Waals surface area contributed by atoms with E-state index in [-0.39, 0.29) is 11.2 Å². The van der Waals surface area contributed by atoms with Gasteiger partial charge in [-0.15, -0.1) is 0 Å². The molecular weight excluding hydrogens is 590 g/mol. The predicted octanol–water partition coefficient (Wildman–Crippen LogP) is 4.46. The average molecular weight is 621 g/mol. The van der Waals surface area contributed by atoms with Crippen LogP contribution >= 0.6 is 23.2 Å². The van der Waals surface area contributed by atoms with Crippen LogP contribution in [0.25, 0.3) is 11.2 Å². The maximum absolute atomic E-state index is 13.9. The molecule has 40 heavy (non-hydrogen) atoms. The predicted molar refractivity (Wildman–Crippen MR) is 148 cm³/mol. The van der Waals surface area contributed by atoms with Crippen molar-refractivity contribution >= 4 is 50.2 Å². The molecule has 218 valence electrons. The second-order valence-electron chi connectivity index (χ2n) is 10.6. The van der Waals surface area contributed by atoms with Crippen molar-refractivity contribution in [2.45, 2.75) is 32.0 Å². The summed E-state index contributed by atoms with van der Waals surface area (Å²) in [4.78, 5) is 13.1. The summed E-state index contributed by atoms with van der Waals surface area (Å²) in [5.74, 6) is 1.36. The molecule has 15 heteroatoms. The first kappa shape index (κ1) is 29.3. The fourth-order valence-corrected chi connectivity index (χ4v) is 6.58. The van der Waals surface area contributed by atoms with E-state index in [2.05, 4.69) is 24.7 Å². The number of fused-ring (bicyclic) bond motifs is 1.